The molecule has 3 aromatic rings. The molecule has 0 aliphatic heterocycles. The van der Waals surface area contributed by atoms with Gasteiger partial charge < -0.3 is 10.2 Å². The number of halogens is 2. The molecule has 0 bridgehead atoms. The van der Waals surface area contributed by atoms with E-state index in [1.54, 1.807) is 0 Å². The first-order chi connectivity index (χ1) is 18.9. The molecule has 0 aliphatic rings. The molecule has 0 aliphatic carbocycles. The fourth-order valence-corrected chi connectivity index (χ4v) is 5.56. The van der Waals surface area contributed by atoms with E-state index in [-0.39, 0.29) is 40.6 Å². The number of hydrogen-bond acceptors (Lipinski definition) is 4. The highest BCUT2D eigenvalue weighted by Gasteiger charge is 2.34. The summed E-state index contributed by atoms with van der Waals surface area (Å²) >= 11 is 12.5. The lowest BCUT2D eigenvalue weighted by atomic mass is 10.0. The molecule has 3 rings (SSSR count). The van der Waals surface area contributed by atoms with Crippen LogP contribution in [0.25, 0.3) is 0 Å². The third-order valence-corrected chi connectivity index (χ3v) is 8.24. The molecule has 0 radical (unpaired) electrons. The Morgan fingerprint density at radius 1 is 0.950 bits per heavy atom. The van der Waals surface area contributed by atoms with E-state index in [9.17, 15) is 18.0 Å². The van der Waals surface area contributed by atoms with Gasteiger partial charge in [0, 0.05) is 24.0 Å². The molecule has 3 aromatic carbocycles. The van der Waals surface area contributed by atoms with E-state index >= 15 is 0 Å². The number of sulfonamides is 1. The maximum absolute atomic E-state index is 14.1. The largest absolute Gasteiger partial charge is 0.352 e. The fraction of sp³-hybridized carbons (Fsp3) is 0.333. The highest BCUT2D eigenvalue weighted by Crippen LogP contribution is 2.31. The third-order valence-electron chi connectivity index (χ3n) is 6.56. The van der Waals surface area contributed by atoms with Crippen LogP contribution in [0.15, 0.2) is 72.8 Å². The van der Waals surface area contributed by atoms with Crippen LogP contribution in [0.2, 0.25) is 10.0 Å². The van der Waals surface area contributed by atoms with Crippen LogP contribution in [0.3, 0.4) is 0 Å². The van der Waals surface area contributed by atoms with Gasteiger partial charge in [0.15, 0.2) is 0 Å². The van der Waals surface area contributed by atoms with Gasteiger partial charge in [-0.2, -0.15) is 0 Å². The van der Waals surface area contributed by atoms with Gasteiger partial charge in [0.1, 0.15) is 12.6 Å². The van der Waals surface area contributed by atoms with Crippen LogP contribution in [-0.2, 0) is 32.6 Å². The van der Waals surface area contributed by atoms with Crippen LogP contribution >= 0.6 is 23.2 Å². The molecule has 2 atom stereocenters. The second-order valence-corrected chi connectivity index (χ2v) is 12.6. The molecule has 1 N–H and O–H groups in total. The minimum absolute atomic E-state index is 0.0872. The number of benzene rings is 3. The minimum Gasteiger partial charge on any atom is -0.352 e. The zero-order chi connectivity index (χ0) is 29.4. The molecule has 10 heteroatoms. The monoisotopic (exact) mass is 603 g/mol. The molecule has 214 valence electrons. The third kappa shape index (κ3) is 8.71. The second-order valence-electron chi connectivity index (χ2n) is 9.90. The average Bonchev–Trinajstić information content (AvgIpc) is 2.90. The molecule has 0 spiro atoms. The first-order valence-corrected chi connectivity index (χ1v) is 15.6. The molecule has 0 saturated carbocycles. The lowest BCUT2D eigenvalue weighted by molar-refractivity contribution is -0.140. The van der Waals surface area contributed by atoms with Gasteiger partial charge in [-0.25, -0.2) is 8.42 Å². The van der Waals surface area contributed by atoms with Gasteiger partial charge in [-0.15, -0.1) is 0 Å². The van der Waals surface area contributed by atoms with E-state index in [0.717, 1.165) is 27.3 Å². The van der Waals surface area contributed by atoms with Crippen molar-refractivity contribution in [1.29, 1.82) is 0 Å². The number of nitrogens with zero attached hydrogens (tertiary/aromatic N) is 2. The number of amides is 2. The summed E-state index contributed by atoms with van der Waals surface area (Å²) in [5.74, 6) is -0.867. The number of nitrogens with one attached hydrogen (secondary N) is 1. The normalized spacial score (nSPS) is 12.8. The SMILES string of the molecule is CC[C@@H](C)NC(=O)[C@@H](Cc1ccccc1)N(Cc1cccc(C)c1)C(=O)CN(c1cc(Cl)ccc1Cl)S(C)(=O)=O. The average molecular weight is 605 g/mol. The van der Waals surface area contributed by atoms with E-state index in [2.05, 4.69) is 5.32 Å². The number of hydrogen-bond donors (Lipinski definition) is 1. The van der Waals surface area contributed by atoms with Crippen molar-refractivity contribution in [2.45, 2.75) is 52.2 Å². The van der Waals surface area contributed by atoms with Crippen LogP contribution < -0.4 is 9.62 Å². The first kappa shape index (κ1) is 31.5. The zero-order valence-corrected chi connectivity index (χ0v) is 25.4. The van der Waals surface area contributed by atoms with Crippen LogP contribution in [0.4, 0.5) is 5.69 Å². The topological polar surface area (TPSA) is 86.8 Å². The predicted octanol–water partition coefficient (Wildman–Crippen LogP) is 5.62. The Balaban J connectivity index is 2.09. The minimum atomic E-state index is -3.95. The Labute approximate surface area is 247 Å². The molecule has 0 heterocycles. The summed E-state index contributed by atoms with van der Waals surface area (Å²) in [5.41, 5.74) is 2.77. The summed E-state index contributed by atoms with van der Waals surface area (Å²) in [6.07, 6.45) is 1.96. The summed E-state index contributed by atoms with van der Waals surface area (Å²) in [7, 11) is -3.95. The van der Waals surface area contributed by atoms with Gasteiger partial charge in [-0.3, -0.25) is 13.9 Å². The van der Waals surface area contributed by atoms with E-state index in [1.807, 2.05) is 75.4 Å². The van der Waals surface area contributed by atoms with Crippen molar-refractivity contribution in [2.24, 2.45) is 0 Å². The lowest BCUT2D eigenvalue weighted by Crippen LogP contribution is -2.54. The van der Waals surface area contributed by atoms with Crippen molar-refractivity contribution < 1.29 is 18.0 Å². The van der Waals surface area contributed by atoms with E-state index in [1.165, 1.54) is 23.1 Å². The van der Waals surface area contributed by atoms with Gasteiger partial charge in [-0.05, 0) is 49.6 Å². The van der Waals surface area contributed by atoms with Crippen LogP contribution in [0, 0.1) is 6.92 Å². The highest BCUT2D eigenvalue weighted by molar-refractivity contribution is 7.92. The molecule has 40 heavy (non-hydrogen) atoms. The second kappa shape index (κ2) is 14.0. The summed E-state index contributed by atoms with van der Waals surface area (Å²) in [4.78, 5) is 29.3. The standard InChI is InChI=1S/C30H35Cl2N3O4S/c1-5-22(3)33-30(37)28(17-23-11-7-6-8-12-23)34(19-24-13-9-10-21(2)16-24)29(36)20-35(40(4,38)39)27-18-25(31)14-15-26(27)32/h6-16,18,22,28H,5,17,19-20H2,1-4H3,(H,33,37)/t22-,28-/m1/s1. The van der Waals surface area contributed by atoms with Crippen molar-refractivity contribution in [3.05, 3.63) is 99.5 Å². The van der Waals surface area contributed by atoms with Gasteiger partial charge in [-0.1, -0.05) is 90.3 Å². The summed E-state index contributed by atoms with van der Waals surface area (Å²) in [6.45, 7) is 5.35. The van der Waals surface area contributed by atoms with Crippen LogP contribution in [0.1, 0.15) is 37.0 Å². The van der Waals surface area contributed by atoms with Crippen molar-refractivity contribution in [1.82, 2.24) is 10.2 Å². The number of rotatable bonds is 12. The molecular formula is C30H35Cl2N3O4S. The molecule has 7 nitrogen and oxygen atoms in total. The number of carbonyl (C=O) groups is 2. The predicted molar refractivity (Wildman–Crippen MR) is 162 cm³/mol. The molecular weight excluding hydrogens is 569 g/mol. The van der Waals surface area contributed by atoms with Gasteiger partial charge in [0.2, 0.25) is 21.8 Å². The molecule has 0 aromatic heterocycles. The highest BCUT2D eigenvalue weighted by atomic mass is 35.5. The Morgan fingerprint density at radius 2 is 1.62 bits per heavy atom. The molecule has 0 unspecified atom stereocenters. The van der Waals surface area contributed by atoms with Gasteiger partial charge >= 0.3 is 0 Å². The maximum atomic E-state index is 14.1. The van der Waals surface area contributed by atoms with Crippen LogP contribution in [0.5, 0.6) is 0 Å². The summed E-state index contributed by atoms with van der Waals surface area (Å²) in [6, 6.07) is 20.5. The number of aryl methyl sites for hydroxylation is 1. The van der Waals surface area contributed by atoms with E-state index in [0.29, 0.717) is 6.42 Å². The van der Waals surface area contributed by atoms with E-state index < -0.39 is 28.5 Å². The number of anilines is 1. The maximum Gasteiger partial charge on any atom is 0.244 e. The number of carbonyl (C=O) groups excluding carboxylic acids is 2. The molecule has 2 amide bonds. The molecule has 0 saturated heterocycles. The quantitative estimate of drug-likeness (QED) is 0.291. The Kier molecular flexibility index (Phi) is 11.0. The Hall–Kier alpha value is -3.07. The molecule has 0 fully saturated rings. The zero-order valence-electron chi connectivity index (χ0n) is 23.1. The van der Waals surface area contributed by atoms with Crippen LogP contribution in [-0.4, -0.2) is 50.0 Å². The van der Waals surface area contributed by atoms with Crippen molar-refractivity contribution in [3.8, 4) is 0 Å². The van der Waals surface area contributed by atoms with Crippen molar-refractivity contribution in [2.75, 3.05) is 17.1 Å². The van der Waals surface area contributed by atoms with Gasteiger partial charge in [0.25, 0.3) is 0 Å². The van der Waals surface area contributed by atoms with Crippen molar-refractivity contribution >= 4 is 50.7 Å². The summed E-state index contributed by atoms with van der Waals surface area (Å²) in [5, 5.41) is 3.41. The van der Waals surface area contributed by atoms with Crippen molar-refractivity contribution in [3.63, 3.8) is 0 Å². The smallest absolute Gasteiger partial charge is 0.244 e. The fourth-order valence-electron chi connectivity index (χ4n) is 4.27. The lowest BCUT2D eigenvalue weighted by Gasteiger charge is -2.34. The first-order valence-electron chi connectivity index (χ1n) is 13.0. The van der Waals surface area contributed by atoms with Gasteiger partial charge in [0.05, 0.1) is 17.0 Å². The summed E-state index contributed by atoms with van der Waals surface area (Å²) < 4.78 is 26.7. The Morgan fingerprint density at radius 3 is 2.25 bits per heavy atom. The Bertz CT molecular complexity index is 1430. The van der Waals surface area contributed by atoms with E-state index in [4.69, 9.17) is 23.2 Å².